The fourth-order valence-corrected chi connectivity index (χ4v) is 3.83. The summed E-state index contributed by atoms with van der Waals surface area (Å²) in [7, 11) is -3.55. The van der Waals surface area contributed by atoms with Crippen molar-refractivity contribution < 1.29 is 8.42 Å². The van der Waals surface area contributed by atoms with E-state index in [0.29, 0.717) is 12.2 Å². The molecule has 0 saturated heterocycles. The molecule has 4 nitrogen and oxygen atoms in total. The maximum absolute atomic E-state index is 12.6. The van der Waals surface area contributed by atoms with Crippen molar-refractivity contribution in [3.8, 4) is 0 Å². The molecule has 0 spiro atoms. The first-order chi connectivity index (χ1) is 9.05. The molecule has 0 aliphatic rings. The smallest absolute Gasteiger partial charge is 0.264 e. The molecule has 0 radical (unpaired) electrons. The number of halogens is 1. The summed E-state index contributed by atoms with van der Waals surface area (Å²) >= 11 is 3.29. The third-order valence-corrected chi connectivity index (χ3v) is 5.01. The number of pyridine rings is 1. The van der Waals surface area contributed by atoms with Crippen LogP contribution in [0, 0.1) is 0 Å². The van der Waals surface area contributed by atoms with Crippen LogP contribution >= 0.6 is 15.9 Å². The Bertz CT molecular complexity index is 659. The highest BCUT2D eigenvalue weighted by atomic mass is 79.9. The van der Waals surface area contributed by atoms with Crippen molar-refractivity contribution in [2.75, 3.05) is 10.8 Å². The van der Waals surface area contributed by atoms with Crippen molar-refractivity contribution in [2.24, 2.45) is 0 Å². The predicted octanol–water partition coefficient (Wildman–Crippen LogP) is 3.06. The van der Waals surface area contributed by atoms with Crippen LogP contribution in [0.25, 0.3) is 0 Å². The number of hydrogen-bond acceptors (Lipinski definition) is 3. The second-order valence-corrected chi connectivity index (χ2v) is 6.61. The quantitative estimate of drug-likeness (QED) is 0.859. The van der Waals surface area contributed by atoms with Crippen LogP contribution in [0.1, 0.15) is 6.92 Å². The molecule has 0 fully saturated rings. The molecule has 0 saturated carbocycles. The van der Waals surface area contributed by atoms with E-state index in [1.54, 1.807) is 55.7 Å². The van der Waals surface area contributed by atoms with Crippen LogP contribution in [0.2, 0.25) is 0 Å². The zero-order chi connectivity index (χ0) is 13.9. The summed E-state index contributed by atoms with van der Waals surface area (Å²) in [5, 5.41) is 0. The van der Waals surface area contributed by atoms with Crippen LogP contribution in [-0.2, 0) is 10.0 Å². The molecule has 100 valence electrons. The topological polar surface area (TPSA) is 50.3 Å². The molecule has 2 aromatic rings. The number of rotatable bonds is 4. The standard InChI is InChI=1S/C13H13BrN2O2S/c1-2-16(12-6-8-15-9-7-12)19(17,18)13-5-3-4-11(14)10-13/h3-10H,2H2,1H3. The lowest BCUT2D eigenvalue weighted by atomic mass is 10.4. The number of sulfonamides is 1. The fourth-order valence-electron chi connectivity index (χ4n) is 1.76. The molecule has 0 bridgehead atoms. The highest BCUT2D eigenvalue weighted by Gasteiger charge is 2.23. The Labute approximate surface area is 121 Å². The van der Waals surface area contributed by atoms with E-state index in [-0.39, 0.29) is 4.90 Å². The van der Waals surface area contributed by atoms with Crippen LogP contribution < -0.4 is 4.31 Å². The van der Waals surface area contributed by atoms with Gasteiger partial charge in [-0.05, 0) is 37.3 Å². The minimum absolute atomic E-state index is 0.264. The Kier molecular flexibility index (Phi) is 4.21. The van der Waals surface area contributed by atoms with E-state index in [2.05, 4.69) is 20.9 Å². The van der Waals surface area contributed by atoms with Crippen LogP contribution in [0.5, 0.6) is 0 Å². The summed E-state index contributed by atoms with van der Waals surface area (Å²) in [5.41, 5.74) is 0.609. The second-order valence-electron chi connectivity index (χ2n) is 3.83. The third-order valence-electron chi connectivity index (χ3n) is 2.62. The third kappa shape index (κ3) is 2.96. The fraction of sp³-hybridized carbons (Fsp3) is 0.154. The van der Waals surface area contributed by atoms with Crippen molar-refractivity contribution in [1.29, 1.82) is 0 Å². The van der Waals surface area contributed by atoms with Gasteiger partial charge in [0.1, 0.15) is 0 Å². The molecular formula is C13H13BrN2O2S. The first kappa shape index (κ1) is 14.0. The van der Waals surface area contributed by atoms with Gasteiger partial charge in [-0.1, -0.05) is 22.0 Å². The summed E-state index contributed by atoms with van der Waals surface area (Å²) in [4.78, 5) is 4.17. The Morgan fingerprint density at radius 2 is 1.89 bits per heavy atom. The molecule has 2 rings (SSSR count). The number of benzene rings is 1. The van der Waals surface area contributed by atoms with E-state index in [1.165, 1.54) is 4.31 Å². The lowest BCUT2D eigenvalue weighted by Crippen LogP contribution is -2.30. The molecule has 0 amide bonds. The summed E-state index contributed by atoms with van der Waals surface area (Å²) < 4.78 is 27.3. The first-order valence-electron chi connectivity index (χ1n) is 5.74. The van der Waals surface area contributed by atoms with E-state index >= 15 is 0 Å². The molecule has 1 aromatic heterocycles. The Hall–Kier alpha value is -1.40. The first-order valence-corrected chi connectivity index (χ1v) is 7.97. The average molecular weight is 341 g/mol. The van der Waals surface area contributed by atoms with Gasteiger partial charge in [0.05, 0.1) is 10.6 Å². The average Bonchev–Trinajstić information content (AvgIpc) is 2.40. The predicted molar refractivity (Wildman–Crippen MR) is 78.6 cm³/mol. The van der Waals surface area contributed by atoms with Crippen molar-refractivity contribution in [1.82, 2.24) is 4.98 Å². The van der Waals surface area contributed by atoms with E-state index in [1.807, 2.05) is 0 Å². The van der Waals surface area contributed by atoms with Gasteiger partial charge in [0.15, 0.2) is 0 Å². The van der Waals surface area contributed by atoms with Crippen LogP contribution in [0.15, 0.2) is 58.2 Å². The molecule has 1 heterocycles. The van der Waals surface area contributed by atoms with Gasteiger partial charge in [0, 0.05) is 23.4 Å². The van der Waals surface area contributed by atoms with Gasteiger partial charge in [0.25, 0.3) is 10.0 Å². The maximum atomic E-state index is 12.6. The maximum Gasteiger partial charge on any atom is 0.264 e. The zero-order valence-electron chi connectivity index (χ0n) is 10.3. The van der Waals surface area contributed by atoms with Gasteiger partial charge in [0.2, 0.25) is 0 Å². The number of nitrogens with zero attached hydrogens (tertiary/aromatic N) is 2. The summed E-state index contributed by atoms with van der Waals surface area (Å²) in [6.45, 7) is 2.16. The highest BCUT2D eigenvalue weighted by molar-refractivity contribution is 9.10. The van der Waals surface area contributed by atoms with Gasteiger partial charge in [-0.25, -0.2) is 8.42 Å². The Balaban J connectivity index is 2.48. The van der Waals surface area contributed by atoms with Crippen molar-refractivity contribution in [3.05, 3.63) is 53.3 Å². The number of anilines is 1. The minimum atomic E-state index is -3.55. The van der Waals surface area contributed by atoms with Crippen LogP contribution in [0.4, 0.5) is 5.69 Å². The monoisotopic (exact) mass is 340 g/mol. The Morgan fingerprint density at radius 1 is 1.21 bits per heavy atom. The molecule has 1 aromatic carbocycles. The lowest BCUT2D eigenvalue weighted by molar-refractivity contribution is 0.592. The molecule has 0 aliphatic heterocycles. The SMILES string of the molecule is CCN(c1ccncc1)S(=O)(=O)c1cccc(Br)c1. The van der Waals surface area contributed by atoms with Crippen molar-refractivity contribution in [2.45, 2.75) is 11.8 Å². The number of hydrogen-bond donors (Lipinski definition) is 0. The normalized spacial score (nSPS) is 11.3. The summed E-state index contributed by atoms with van der Waals surface area (Å²) in [6.07, 6.45) is 3.16. The van der Waals surface area contributed by atoms with Gasteiger partial charge < -0.3 is 0 Å². The molecule has 19 heavy (non-hydrogen) atoms. The highest BCUT2D eigenvalue weighted by Crippen LogP contribution is 2.24. The van der Waals surface area contributed by atoms with Crippen LogP contribution in [-0.4, -0.2) is 19.9 Å². The molecule has 0 unspecified atom stereocenters. The minimum Gasteiger partial charge on any atom is -0.267 e. The molecule has 6 heteroatoms. The number of aromatic nitrogens is 1. The second kappa shape index (κ2) is 5.71. The lowest BCUT2D eigenvalue weighted by Gasteiger charge is -2.22. The molecule has 0 aliphatic carbocycles. The summed E-state index contributed by atoms with van der Waals surface area (Å²) in [5.74, 6) is 0. The van der Waals surface area contributed by atoms with Crippen molar-refractivity contribution >= 4 is 31.6 Å². The molecule has 0 N–H and O–H groups in total. The van der Waals surface area contributed by atoms with Gasteiger partial charge in [-0.3, -0.25) is 9.29 Å². The molecule has 0 atom stereocenters. The van der Waals surface area contributed by atoms with E-state index in [4.69, 9.17) is 0 Å². The summed E-state index contributed by atoms with van der Waals surface area (Å²) in [6, 6.07) is 10.0. The van der Waals surface area contributed by atoms with Crippen LogP contribution in [0.3, 0.4) is 0 Å². The van der Waals surface area contributed by atoms with E-state index in [9.17, 15) is 8.42 Å². The van der Waals surface area contributed by atoms with Gasteiger partial charge in [-0.2, -0.15) is 0 Å². The zero-order valence-corrected chi connectivity index (χ0v) is 12.7. The largest absolute Gasteiger partial charge is 0.267 e. The Morgan fingerprint density at radius 3 is 2.47 bits per heavy atom. The van der Waals surface area contributed by atoms with Crippen molar-refractivity contribution in [3.63, 3.8) is 0 Å². The van der Waals surface area contributed by atoms with E-state index < -0.39 is 10.0 Å². The van der Waals surface area contributed by atoms with Gasteiger partial charge in [-0.15, -0.1) is 0 Å². The molecular weight excluding hydrogens is 328 g/mol. The van der Waals surface area contributed by atoms with E-state index in [0.717, 1.165) is 4.47 Å². The van der Waals surface area contributed by atoms with Gasteiger partial charge >= 0.3 is 0 Å².